The fraction of sp³-hybridized carbons (Fsp3) is 0.500. The molecule has 0 fully saturated rings. The van der Waals surface area contributed by atoms with Crippen LogP contribution in [0.3, 0.4) is 0 Å². The summed E-state index contributed by atoms with van der Waals surface area (Å²) in [6.07, 6.45) is 3.39. The molecule has 2 aromatic rings. The van der Waals surface area contributed by atoms with Crippen LogP contribution in [0.5, 0.6) is 0 Å². The summed E-state index contributed by atoms with van der Waals surface area (Å²) in [5.74, 6) is -0.557. The number of hydrogen-bond acceptors (Lipinski definition) is 6. The highest BCUT2D eigenvalue weighted by molar-refractivity contribution is 8.00. The smallest absolute Gasteiger partial charge is 0.316 e. The van der Waals surface area contributed by atoms with E-state index in [0.717, 1.165) is 19.4 Å². The Labute approximate surface area is 120 Å². The van der Waals surface area contributed by atoms with Crippen molar-refractivity contribution in [2.75, 3.05) is 5.73 Å². The Hall–Kier alpha value is -1.83. The van der Waals surface area contributed by atoms with E-state index in [1.165, 1.54) is 18.1 Å². The third-order valence-electron chi connectivity index (χ3n) is 2.89. The van der Waals surface area contributed by atoms with Crippen LogP contribution in [0.25, 0.3) is 11.2 Å². The molecule has 0 bridgehead atoms. The molecule has 0 unspecified atom stereocenters. The number of aryl methyl sites for hydroxylation is 1. The quantitative estimate of drug-likeness (QED) is 0.782. The maximum atomic E-state index is 11.0. The van der Waals surface area contributed by atoms with Gasteiger partial charge in [0, 0.05) is 6.54 Å². The third-order valence-corrected chi connectivity index (χ3v) is 3.97. The Balaban J connectivity index is 2.45. The summed E-state index contributed by atoms with van der Waals surface area (Å²) >= 11 is 1.19. The molecule has 20 heavy (non-hydrogen) atoms. The van der Waals surface area contributed by atoms with Gasteiger partial charge in [-0.3, -0.25) is 4.79 Å². The van der Waals surface area contributed by atoms with Crippen LogP contribution in [0.4, 0.5) is 5.82 Å². The molecule has 2 rings (SSSR count). The second kappa shape index (κ2) is 6.08. The molecule has 0 saturated carbocycles. The molecular weight excluding hydrogens is 278 g/mol. The predicted octanol–water partition coefficient (Wildman–Crippen LogP) is 1.77. The second-order valence-electron chi connectivity index (χ2n) is 4.43. The zero-order chi connectivity index (χ0) is 14.7. The molecule has 3 N–H and O–H groups in total. The largest absolute Gasteiger partial charge is 0.480 e. The highest BCUT2D eigenvalue weighted by atomic mass is 32.2. The molecule has 2 heterocycles. The molecule has 0 amide bonds. The summed E-state index contributed by atoms with van der Waals surface area (Å²) < 4.78 is 1.92. The number of unbranched alkanes of at least 4 members (excludes halogenated alkanes) is 1. The minimum absolute atomic E-state index is 0.315. The topological polar surface area (TPSA) is 107 Å². The van der Waals surface area contributed by atoms with Crippen LogP contribution in [-0.4, -0.2) is 35.8 Å². The van der Waals surface area contributed by atoms with Crippen LogP contribution in [0.2, 0.25) is 0 Å². The van der Waals surface area contributed by atoms with E-state index in [-0.39, 0.29) is 0 Å². The van der Waals surface area contributed by atoms with Crippen molar-refractivity contribution in [3.63, 3.8) is 0 Å². The van der Waals surface area contributed by atoms with E-state index in [1.807, 2.05) is 4.57 Å². The summed E-state index contributed by atoms with van der Waals surface area (Å²) in [4.78, 5) is 23.5. The Bertz CT molecular complexity index is 628. The van der Waals surface area contributed by atoms with E-state index in [0.29, 0.717) is 22.1 Å². The highest BCUT2D eigenvalue weighted by Crippen LogP contribution is 2.28. The van der Waals surface area contributed by atoms with Gasteiger partial charge in [-0.1, -0.05) is 25.1 Å². The van der Waals surface area contributed by atoms with E-state index >= 15 is 0 Å². The minimum Gasteiger partial charge on any atom is -0.480 e. The second-order valence-corrected chi connectivity index (χ2v) is 5.74. The molecule has 7 nitrogen and oxygen atoms in total. The molecule has 1 atom stereocenters. The normalized spacial score (nSPS) is 12.7. The lowest BCUT2D eigenvalue weighted by molar-refractivity contribution is -0.136. The first-order chi connectivity index (χ1) is 9.54. The molecule has 0 radical (unpaired) electrons. The number of aromatic nitrogens is 4. The van der Waals surface area contributed by atoms with Crippen molar-refractivity contribution in [1.82, 2.24) is 19.5 Å². The molecule has 0 aromatic carbocycles. The number of rotatable bonds is 6. The van der Waals surface area contributed by atoms with E-state index in [2.05, 4.69) is 21.9 Å². The number of imidazole rings is 1. The van der Waals surface area contributed by atoms with Crippen LogP contribution in [-0.2, 0) is 11.3 Å². The maximum absolute atomic E-state index is 11.0. The molecule has 0 aliphatic carbocycles. The van der Waals surface area contributed by atoms with Gasteiger partial charge in [-0.2, -0.15) is 0 Å². The molecule has 0 aliphatic rings. The lowest BCUT2D eigenvalue weighted by Crippen LogP contribution is -2.13. The first-order valence-electron chi connectivity index (χ1n) is 6.40. The van der Waals surface area contributed by atoms with Gasteiger partial charge in [0.2, 0.25) is 0 Å². The number of anilines is 1. The Morgan fingerprint density at radius 1 is 1.55 bits per heavy atom. The van der Waals surface area contributed by atoms with Gasteiger partial charge in [-0.05, 0) is 13.3 Å². The lowest BCUT2D eigenvalue weighted by Gasteiger charge is -2.09. The highest BCUT2D eigenvalue weighted by Gasteiger charge is 2.20. The first-order valence-corrected chi connectivity index (χ1v) is 7.28. The van der Waals surface area contributed by atoms with Gasteiger partial charge in [-0.25, -0.2) is 15.0 Å². The molecular formula is C12H17N5O2S. The maximum Gasteiger partial charge on any atom is 0.316 e. The minimum atomic E-state index is -0.872. The molecule has 0 saturated heterocycles. The van der Waals surface area contributed by atoms with Crippen LogP contribution in [0, 0.1) is 0 Å². The summed E-state index contributed by atoms with van der Waals surface area (Å²) in [5.41, 5.74) is 6.99. The van der Waals surface area contributed by atoms with Crippen molar-refractivity contribution in [2.45, 2.75) is 43.6 Å². The number of nitrogen functional groups attached to an aromatic ring is 1. The van der Waals surface area contributed by atoms with Crippen molar-refractivity contribution in [3.8, 4) is 0 Å². The molecule has 8 heteroatoms. The third kappa shape index (κ3) is 2.84. The van der Waals surface area contributed by atoms with Crippen molar-refractivity contribution in [2.24, 2.45) is 0 Å². The van der Waals surface area contributed by atoms with E-state index in [4.69, 9.17) is 10.8 Å². The fourth-order valence-corrected chi connectivity index (χ4v) is 2.62. The average Bonchev–Trinajstić information content (AvgIpc) is 2.75. The number of hydrogen-bond donors (Lipinski definition) is 2. The summed E-state index contributed by atoms with van der Waals surface area (Å²) in [6.45, 7) is 4.46. The van der Waals surface area contributed by atoms with Crippen molar-refractivity contribution in [3.05, 3.63) is 6.33 Å². The summed E-state index contributed by atoms with van der Waals surface area (Å²) in [7, 11) is 0. The van der Waals surface area contributed by atoms with Crippen LogP contribution in [0.15, 0.2) is 11.5 Å². The number of carboxylic acid groups (broad SMARTS) is 1. The molecule has 0 aliphatic heterocycles. The average molecular weight is 295 g/mol. The standard InChI is InChI=1S/C12H17N5O2S/c1-3-4-5-17-10-8(9(13)14-6-15-10)16-12(17)20-7(2)11(18)19/h6-7H,3-5H2,1-2H3,(H,18,19)(H2,13,14,15)/t7-/m0/s1. The monoisotopic (exact) mass is 295 g/mol. The zero-order valence-corrected chi connectivity index (χ0v) is 12.2. The predicted molar refractivity (Wildman–Crippen MR) is 77.6 cm³/mol. The fourth-order valence-electron chi connectivity index (χ4n) is 1.75. The van der Waals surface area contributed by atoms with E-state index in [9.17, 15) is 4.79 Å². The van der Waals surface area contributed by atoms with Gasteiger partial charge >= 0.3 is 5.97 Å². The van der Waals surface area contributed by atoms with Crippen LogP contribution in [0.1, 0.15) is 26.7 Å². The van der Waals surface area contributed by atoms with Crippen LogP contribution >= 0.6 is 11.8 Å². The Kier molecular flexibility index (Phi) is 4.43. The number of aliphatic carboxylic acids is 1. The summed E-state index contributed by atoms with van der Waals surface area (Å²) in [6, 6.07) is 0. The molecule has 2 aromatic heterocycles. The van der Waals surface area contributed by atoms with Crippen LogP contribution < -0.4 is 5.73 Å². The number of carbonyl (C=O) groups is 1. The van der Waals surface area contributed by atoms with Crippen molar-refractivity contribution >= 4 is 34.7 Å². The number of nitrogens with zero attached hydrogens (tertiary/aromatic N) is 4. The SMILES string of the molecule is CCCCn1c(S[C@@H](C)C(=O)O)nc2c(N)ncnc21. The molecule has 108 valence electrons. The Morgan fingerprint density at radius 3 is 2.95 bits per heavy atom. The van der Waals surface area contributed by atoms with Gasteiger partial charge in [0.25, 0.3) is 0 Å². The number of thioether (sulfide) groups is 1. The van der Waals surface area contributed by atoms with Crippen molar-refractivity contribution < 1.29 is 9.90 Å². The number of nitrogens with two attached hydrogens (primary N) is 1. The summed E-state index contributed by atoms with van der Waals surface area (Å²) in [5, 5.41) is 9.07. The molecule has 0 spiro atoms. The van der Waals surface area contributed by atoms with E-state index in [1.54, 1.807) is 6.92 Å². The zero-order valence-electron chi connectivity index (χ0n) is 11.4. The van der Waals surface area contributed by atoms with Gasteiger partial charge in [0.1, 0.15) is 11.6 Å². The lowest BCUT2D eigenvalue weighted by atomic mass is 10.3. The van der Waals surface area contributed by atoms with Crippen molar-refractivity contribution in [1.29, 1.82) is 0 Å². The van der Waals surface area contributed by atoms with E-state index < -0.39 is 11.2 Å². The Morgan fingerprint density at radius 2 is 2.30 bits per heavy atom. The number of carboxylic acids is 1. The first kappa shape index (κ1) is 14.6. The number of fused-ring (bicyclic) bond motifs is 1. The van der Waals surface area contributed by atoms with Gasteiger partial charge in [0.05, 0.1) is 0 Å². The van der Waals surface area contributed by atoms with Gasteiger partial charge < -0.3 is 15.4 Å². The van der Waals surface area contributed by atoms with Gasteiger partial charge in [-0.15, -0.1) is 0 Å². The van der Waals surface area contributed by atoms with Gasteiger partial charge in [0.15, 0.2) is 22.1 Å².